The van der Waals surface area contributed by atoms with E-state index in [1.807, 2.05) is 20.2 Å². The second kappa shape index (κ2) is 6.02. The number of rotatable bonds is 5. The maximum Gasteiger partial charge on any atom is 0.201 e. The molecule has 0 radical (unpaired) electrons. The van der Waals surface area contributed by atoms with E-state index in [0.29, 0.717) is 22.9 Å². The Balaban J connectivity index is 2.55. The van der Waals surface area contributed by atoms with Crippen LogP contribution in [0.3, 0.4) is 0 Å². The molecule has 0 amide bonds. The molecule has 1 heterocycles. The molecule has 0 saturated carbocycles. The minimum absolute atomic E-state index is 0.231. The van der Waals surface area contributed by atoms with E-state index >= 15 is 0 Å². The molecule has 0 saturated heterocycles. The number of nitrogens with zero attached hydrogens (tertiary/aromatic N) is 3. The van der Waals surface area contributed by atoms with E-state index in [2.05, 4.69) is 28.3 Å². The van der Waals surface area contributed by atoms with Crippen LogP contribution < -0.4 is 5.73 Å². The number of benzene rings is 1. The molecule has 0 bridgehead atoms. The predicted molar refractivity (Wildman–Crippen MR) is 85.9 cm³/mol. The third-order valence-corrected chi connectivity index (χ3v) is 3.68. The van der Waals surface area contributed by atoms with Gasteiger partial charge < -0.3 is 15.2 Å². The second-order valence-corrected chi connectivity index (χ2v) is 6.48. The molecule has 0 spiro atoms. The van der Waals surface area contributed by atoms with Crippen LogP contribution in [-0.2, 0) is 0 Å². The summed E-state index contributed by atoms with van der Waals surface area (Å²) in [6.45, 7) is 7.04. The first kappa shape index (κ1) is 15.8. The van der Waals surface area contributed by atoms with Crippen molar-refractivity contribution in [3.8, 4) is 0 Å². The van der Waals surface area contributed by atoms with Crippen LogP contribution in [0, 0.1) is 18.7 Å². The van der Waals surface area contributed by atoms with Gasteiger partial charge in [0, 0.05) is 12.6 Å². The van der Waals surface area contributed by atoms with E-state index in [-0.39, 0.29) is 11.9 Å². The van der Waals surface area contributed by atoms with Crippen LogP contribution in [-0.4, -0.2) is 35.1 Å². The van der Waals surface area contributed by atoms with Gasteiger partial charge in [-0.15, -0.1) is 0 Å². The number of hydrogen-bond acceptors (Lipinski definition) is 3. The van der Waals surface area contributed by atoms with Crippen LogP contribution in [0.4, 0.5) is 10.3 Å². The molecule has 2 aromatic rings. The van der Waals surface area contributed by atoms with Gasteiger partial charge >= 0.3 is 0 Å². The highest BCUT2D eigenvalue weighted by Crippen LogP contribution is 2.29. The lowest BCUT2D eigenvalue weighted by Gasteiger charge is -2.25. The number of halogens is 1. The molecule has 1 aromatic heterocycles. The van der Waals surface area contributed by atoms with E-state index in [1.165, 1.54) is 6.07 Å². The number of anilines is 1. The Morgan fingerprint density at radius 1 is 1.33 bits per heavy atom. The summed E-state index contributed by atoms with van der Waals surface area (Å²) in [5.41, 5.74) is 8.28. The van der Waals surface area contributed by atoms with E-state index in [9.17, 15) is 4.39 Å². The number of nitrogen functional groups attached to an aromatic ring is 1. The molecule has 0 aliphatic carbocycles. The molecule has 1 aromatic carbocycles. The average Bonchev–Trinajstić information content (AvgIpc) is 2.63. The molecule has 5 heteroatoms. The van der Waals surface area contributed by atoms with Crippen molar-refractivity contribution >= 4 is 17.0 Å². The summed E-state index contributed by atoms with van der Waals surface area (Å²) >= 11 is 0. The Kier molecular flexibility index (Phi) is 4.52. The van der Waals surface area contributed by atoms with Crippen LogP contribution >= 0.6 is 0 Å². The zero-order valence-electron chi connectivity index (χ0n) is 13.5. The van der Waals surface area contributed by atoms with Gasteiger partial charge in [-0.25, -0.2) is 9.37 Å². The average molecular weight is 292 g/mol. The van der Waals surface area contributed by atoms with Gasteiger partial charge in [0.15, 0.2) is 0 Å². The first-order valence-corrected chi connectivity index (χ1v) is 7.38. The topological polar surface area (TPSA) is 47.1 Å². The predicted octanol–water partition coefficient (Wildman–Crippen LogP) is 3.21. The molecule has 116 valence electrons. The normalized spacial score (nSPS) is 13.5. The first-order valence-electron chi connectivity index (χ1n) is 7.38. The van der Waals surface area contributed by atoms with Gasteiger partial charge in [0.2, 0.25) is 5.95 Å². The highest BCUT2D eigenvalue weighted by molar-refractivity contribution is 5.79. The molecular weight excluding hydrogens is 267 g/mol. The number of aromatic nitrogens is 2. The Morgan fingerprint density at radius 2 is 2.00 bits per heavy atom. The summed E-state index contributed by atoms with van der Waals surface area (Å²) in [5, 5.41) is 0. The molecule has 1 atom stereocenters. The highest BCUT2D eigenvalue weighted by Gasteiger charge is 2.20. The molecule has 0 aliphatic heterocycles. The van der Waals surface area contributed by atoms with E-state index in [1.54, 1.807) is 6.92 Å². The fourth-order valence-electron chi connectivity index (χ4n) is 2.85. The second-order valence-electron chi connectivity index (χ2n) is 6.48. The fourth-order valence-corrected chi connectivity index (χ4v) is 2.85. The lowest BCUT2D eigenvalue weighted by atomic mass is 10.0. The summed E-state index contributed by atoms with van der Waals surface area (Å²) < 4.78 is 15.8. The Hall–Kier alpha value is -1.62. The molecular formula is C16H25FN4. The molecule has 0 fully saturated rings. The van der Waals surface area contributed by atoms with Gasteiger partial charge in [0.05, 0.1) is 17.1 Å². The zero-order chi connectivity index (χ0) is 15.7. The fraction of sp³-hybridized carbons (Fsp3) is 0.562. The molecule has 21 heavy (non-hydrogen) atoms. The third kappa shape index (κ3) is 3.35. The third-order valence-electron chi connectivity index (χ3n) is 3.68. The first-order chi connectivity index (χ1) is 9.79. The Bertz CT molecular complexity index is 621. The summed E-state index contributed by atoms with van der Waals surface area (Å²) in [4.78, 5) is 6.48. The largest absolute Gasteiger partial charge is 0.369 e. The number of imidazole rings is 1. The SMILES string of the molecule is Cc1cc2c(cc1F)nc(N)n2C(CC(C)C)CN(C)C. The quantitative estimate of drug-likeness (QED) is 0.920. The lowest BCUT2D eigenvalue weighted by Crippen LogP contribution is -2.26. The van der Waals surface area contributed by atoms with Gasteiger partial charge in [0.1, 0.15) is 5.82 Å². The van der Waals surface area contributed by atoms with Crippen LogP contribution in [0.25, 0.3) is 11.0 Å². The molecule has 2 rings (SSSR count). The summed E-state index contributed by atoms with van der Waals surface area (Å²) in [6.07, 6.45) is 1.00. The van der Waals surface area contributed by atoms with Crippen molar-refractivity contribution in [3.05, 3.63) is 23.5 Å². The van der Waals surface area contributed by atoms with Gasteiger partial charge in [0.25, 0.3) is 0 Å². The Labute approximate surface area is 125 Å². The zero-order valence-corrected chi connectivity index (χ0v) is 13.5. The van der Waals surface area contributed by atoms with E-state index in [4.69, 9.17) is 5.73 Å². The number of nitrogens with two attached hydrogens (primary N) is 1. The van der Waals surface area contributed by atoms with Crippen molar-refractivity contribution in [2.75, 3.05) is 26.4 Å². The maximum absolute atomic E-state index is 13.7. The summed E-state index contributed by atoms with van der Waals surface area (Å²) in [5.74, 6) is 0.774. The van der Waals surface area contributed by atoms with Crippen molar-refractivity contribution in [3.63, 3.8) is 0 Å². The van der Waals surface area contributed by atoms with Crippen molar-refractivity contribution in [1.82, 2.24) is 14.5 Å². The van der Waals surface area contributed by atoms with Gasteiger partial charge in [-0.3, -0.25) is 0 Å². The minimum atomic E-state index is -0.236. The Morgan fingerprint density at radius 3 is 2.57 bits per heavy atom. The molecule has 1 unspecified atom stereocenters. The standard InChI is InChI=1S/C16H25FN4/c1-10(2)6-12(9-20(4)5)21-15-7-11(3)13(17)8-14(15)19-16(21)18/h7-8,10,12H,6,9H2,1-5H3,(H2,18,19). The van der Waals surface area contributed by atoms with Crippen molar-refractivity contribution in [1.29, 1.82) is 0 Å². The van der Waals surface area contributed by atoms with Gasteiger partial charge in [-0.1, -0.05) is 13.8 Å². The monoisotopic (exact) mass is 292 g/mol. The van der Waals surface area contributed by atoms with Crippen LogP contribution in [0.5, 0.6) is 0 Å². The van der Waals surface area contributed by atoms with Gasteiger partial charge in [-0.05, 0) is 45.0 Å². The summed E-state index contributed by atoms with van der Waals surface area (Å²) in [6, 6.07) is 3.55. The number of likely N-dealkylation sites (N-methyl/N-ethyl adjacent to an activating group) is 1. The van der Waals surface area contributed by atoms with E-state index < -0.39 is 0 Å². The van der Waals surface area contributed by atoms with Crippen molar-refractivity contribution in [2.24, 2.45) is 5.92 Å². The summed E-state index contributed by atoms with van der Waals surface area (Å²) in [7, 11) is 4.10. The van der Waals surface area contributed by atoms with Gasteiger partial charge in [-0.2, -0.15) is 0 Å². The van der Waals surface area contributed by atoms with Crippen LogP contribution in [0.15, 0.2) is 12.1 Å². The number of fused-ring (bicyclic) bond motifs is 1. The maximum atomic E-state index is 13.7. The molecule has 4 nitrogen and oxygen atoms in total. The lowest BCUT2D eigenvalue weighted by molar-refractivity contribution is 0.294. The van der Waals surface area contributed by atoms with Crippen LogP contribution in [0.2, 0.25) is 0 Å². The van der Waals surface area contributed by atoms with Crippen molar-refractivity contribution < 1.29 is 4.39 Å². The number of aryl methyl sites for hydroxylation is 1. The van der Waals surface area contributed by atoms with Crippen molar-refractivity contribution in [2.45, 2.75) is 33.2 Å². The highest BCUT2D eigenvalue weighted by atomic mass is 19.1. The molecule has 0 aliphatic rings. The number of hydrogen-bond donors (Lipinski definition) is 1. The smallest absolute Gasteiger partial charge is 0.201 e. The van der Waals surface area contributed by atoms with E-state index in [0.717, 1.165) is 18.5 Å². The van der Waals surface area contributed by atoms with Crippen LogP contribution in [0.1, 0.15) is 31.9 Å². The minimum Gasteiger partial charge on any atom is -0.369 e. The molecule has 2 N–H and O–H groups in total.